The van der Waals surface area contributed by atoms with E-state index in [4.69, 9.17) is 4.98 Å². The lowest BCUT2D eigenvalue weighted by Gasteiger charge is -2.34. The second-order valence-corrected chi connectivity index (χ2v) is 11.2. The van der Waals surface area contributed by atoms with Crippen LogP contribution in [0.3, 0.4) is 0 Å². The number of nitrogens with zero attached hydrogens (tertiary/aromatic N) is 3. The first-order chi connectivity index (χ1) is 15.1. The van der Waals surface area contributed by atoms with Gasteiger partial charge in [0.25, 0.3) is 0 Å². The maximum absolute atomic E-state index is 13.7. The molecule has 0 N–H and O–H groups in total. The molecule has 1 saturated heterocycles. The zero-order valence-corrected chi connectivity index (χ0v) is 20.5. The molecule has 1 fully saturated rings. The Labute approximate surface area is 193 Å². The van der Waals surface area contributed by atoms with Crippen LogP contribution < -0.4 is 4.90 Å². The van der Waals surface area contributed by atoms with E-state index in [-0.39, 0.29) is 4.90 Å². The Morgan fingerprint density at radius 2 is 1.62 bits per heavy atom. The molecule has 1 aliphatic heterocycles. The molecule has 2 aromatic carbocycles. The van der Waals surface area contributed by atoms with Crippen molar-refractivity contribution in [2.75, 3.05) is 31.1 Å². The van der Waals surface area contributed by atoms with Crippen LogP contribution in [-0.4, -0.2) is 43.9 Å². The average molecular weight is 474 g/mol. The van der Waals surface area contributed by atoms with Gasteiger partial charge < -0.3 is 4.90 Å². The SMILES string of the molecule is Cc1cc(C)c(Cc2csc(N3CCN(S(=O)(=O)c4cc(F)ccc4C)CC3)n2)c(C)c1. The predicted octanol–water partition coefficient (Wildman–Crippen LogP) is 4.62. The zero-order valence-electron chi connectivity index (χ0n) is 18.9. The number of hydrogen-bond donors (Lipinski definition) is 0. The molecular formula is C24H28FN3O2S2. The van der Waals surface area contributed by atoms with Crippen molar-refractivity contribution in [3.8, 4) is 0 Å². The molecule has 1 aromatic heterocycles. The Hall–Kier alpha value is -2.29. The standard InChI is InChI=1S/C24H28FN3O2S2/c1-16-11-18(3)22(19(4)12-16)14-21-15-31-24(26-21)27-7-9-28(10-8-27)32(29,30)23-13-20(25)6-5-17(23)2/h5-6,11-13,15H,7-10,14H2,1-4H3. The Morgan fingerprint density at radius 1 is 0.969 bits per heavy atom. The van der Waals surface area contributed by atoms with Gasteiger partial charge in [-0.05, 0) is 62.1 Å². The molecule has 0 aliphatic carbocycles. The number of halogens is 1. The maximum Gasteiger partial charge on any atom is 0.243 e. The molecule has 4 rings (SSSR count). The minimum absolute atomic E-state index is 0.0475. The molecule has 1 aliphatic rings. The number of sulfonamides is 1. The van der Waals surface area contributed by atoms with Gasteiger partial charge in [0.05, 0.1) is 10.6 Å². The van der Waals surface area contributed by atoms with E-state index < -0.39 is 15.8 Å². The fraction of sp³-hybridized carbons (Fsp3) is 0.375. The van der Waals surface area contributed by atoms with Gasteiger partial charge in [0.15, 0.2) is 5.13 Å². The number of benzene rings is 2. The van der Waals surface area contributed by atoms with Crippen molar-refractivity contribution < 1.29 is 12.8 Å². The highest BCUT2D eigenvalue weighted by molar-refractivity contribution is 7.89. The van der Waals surface area contributed by atoms with Gasteiger partial charge in [0, 0.05) is 38.0 Å². The monoisotopic (exact) mass is 473 g/mol. The van der Waals surface area contributed by atoms with Crippen LogP contribution in [-0.2, 0) is 16.4 Å². The van der Waals surface area contributed by atoms with Crippen molar-refractivity contribution >= 4 is 26.5 Å². The predicted molar refractivity (Wildman–Crippen MR) is 128 cm³/mol. The van der Waals surface area contributed by atoms with Crippen molar-refractivity contribution in [1.29, 1.82) is 0 Å². The molecular weight excluding hydrogens is 445 g/mol. The lowest BCUT2D eigenvalue weighted by Crippen LogP contribution is -2.48. The van der Waals surface area contributed by atoms with Crippen LogP contribution in [0.4, 0.5) is 9.52 Å². The van der Waals surface area contributed by atoms with E-state index in [0.717, 1.165) is 23.3 Å². The topological polar surface area (TPSA) is 53.5 Å². The number of piperazine rings is 1. The lowest BCUT2D eigenvalue weighted by molar-refractivity contribution is 0.384. The Balaban J connectivity index is 1.44. The summed E-state index contributed by atoms with van der Waals surface area (Å²) in [5.74, 6) is -0.540. The van der Waals surface area contributed by atoms with Crippen molar-refractivity contribution in [3.63, 3.8) is 0 Å². The van der Waals surface area contributed by atoms with Crippen LogP contribution in [0.2, 0.25) is 0 Å². The van der Waals surface area contributed by atoms with Crippen LogP contribution in [0.5, 0.6) is 0 Å². The largest absolute Gasteiger partial charge is 0.345 e. The third-order valence-electron chi connectivity index (χ3n) is 6.02. The summed E-state index contributed by atoms with van der Waals surface area (Å²) in [6.07, 6.45) is 0.793. The number of hydrogen-bond acceptors (Lipinski definition) is 5. The smallest absolute Gasteiger partial charge is 0.243 e. The van der Waals surface area contributed by atoms with E-state index in [0.29, 0.717) is 31.7 Å². The molecule has 0 unspecified atom stereocenters. The number of rotatable bonds is 5. The molecule has 170 valence electrons. The summed E-state index contributed by atoms with van der Waals surface area (Å²) in [6, 6.07) is 8.31. The summed E-state index contributed by atoms with van der Waals surface area (Å²) in [6.45, 7) is 9.90. The average Bonchev–Trinajstić information content (AvgIpc) is 3.21. The van der Waals surface area contributed by atoms with Crippen LogP contribution in [0.25, 0.3) is 0 Å². The molecule has 32 heavy (non-hydrogen) atoms. The first kappa shape index (κ1) is 22.9. The summed E-state index contributed by atoms with van der Waals surface area (Å²) in [5.41, 5.74) is 6.73. The Kier molecular flexibility index (Phi) is 6.38. The van der Waals surface area contributed by atoms with Crippen LogP contribution in [0, 0.1) is 33.5 Å². The third kappa shape index (κ3) is 4.58. The molecule has 0 atom stereocenters. The second kappa shape index (κ2) is 8.92. The molecule has 0 radical (unpaired) electrons. The number of thiazole rings is 1. The Morgan fingerprint density at radius 3 is 2.28 bits per heavy atom. The quantitative estimate of drug-likeness (QED) is 0.543. The summed E-state index contributed by atoms with van der Waals surface area (Å²) in [7, 11) is -3.72. The fourth-order valence-electron chi connectivity index (χ4n) is 4.30. The van der Waals surface area contributed by atoms with Gasteiger partial charge in [-0.2, -0.15) is 4.31 Å². The van der Waals surface area contributed by atoms with Gasteiger partial charge in [-0.1, -0.05) is 23.8 Å². The molecule has 0 amide bonds. The summed E-state index contributed by atoms with van der Waals surface area (Å²) >= 11 is 1.60. The number of aryl methyl sites for hydroxylation is 4. The molecule has 2 heterocycles. The molecule has 5 nitrogen and oxygen atoms in total. The van der Waals surface area contributed by atoms with Crippen molar-refractivity contribution in [2.24, 2.45) is 0 Å². The first-order valence-electron chi connectivity index (χ1n) is 10.7. The molecule has 8 heteroatoms. The summed E-state index contributed by atoms with van der Waals surface area (Å²) in [5, 5.41) is 3.01. The zero-order chi connectivity index (χ0) is 23.0. The molecule has 0 saturated carbocycles. The highest BCUT2D eigenvalue weighted by Crippen LogP contribution is 2.28. The summed E-state index contributed by atoms with van der Waals surface area (Å²) in [4.78, 5) is 7.01. The normalized spacial score (nSPS) is 15.3. The van der Waals surface area contributed by atoms with E-state index in [1.54, 1.807) is 18.3 Å². The van der Waals surface area contributed by atoms with Crippen molar-refractivity contribution in [2.45, 2.75) is 39.0 Å². The molecule has 0 spiro atoms. The molecule has 3 aromatic rings. The van der Waals surface area contributed by atoms with E-state index >= 15 is 0 Å². The van der Waals surface area contributed by atoms with Gasteiger partial charge in [0.1, 0.15) is 5.82 Å². The van der Waals surface area contributed by atoms with Gasteiger partial charge >= 0.3 is 0 Å². The van der Waals surface area contributed by atoms with E-state index in [1.165, 1.54) is 38.7 Å². The first-order valence-corrected chi connectivity index (χ1v) is 13.0. The van der Waals surface area contributed by atoms with Crippen LogP contribution in [0.1, 0.15) is 33.5 Å². The highest BCUT2D eigenvalue weighted by atomic mass is 32.2. The van der Waals surface area contributed by atoms with Crippen LogP contribution >= 0.6 is 11.3 Å². The van der Waals surface area contributed by atoms with E-state index in [1.807, 2.05) is 0 Å². The minimum Gasteiger partial charge on any atom is -0.345 e. The number of aromatic nitrogens is 1. The minimum atomic E-state index is -3.72. The lowest BCUT2D eigenvalue weighted by atomic mass is 9.96. The van der Waals surface area contributed by atoms with Gasteiger partial charge in [0.2, 0.25) is 10.0 Å². The molecule has 0 bridgehead atoms. The van der Waals surface area contributed by atoms with Gasteiger partial charge in [-0.25, -0.2) is 17.8 Å². The second-order valence-electron chi connectivity index (χ2n) is 8.48. The van der Waals surface area contributed by atoms with Gasteiger partial charge in [-0.15, -0.1) is 11.3 Å². The van der Waals surface area contributed by atoms with Crippen molar-refractivity contribution in [3.05, 3.63) is 75.0 Å². The Bertz CT molecular complexity index is 1220. The summed E-state index contributed by atoms with van der Waals surface area (Å²) < 4.78 is 41.2. The maximum atomic E-state index is 13.7. The van der Waals surface area contributed by atoms with E-state index in [9.17, 15) is 12.8 Å². The van der Waals surface area contributed by atoms with E-state index in [2.05, 4.69) is 43.2 Å². The fourth-order valence-corrected chi connectivity index (χ4v) is 6.84. The highest BCUT2D eigenvalue weighted by Gasteiger charge is 2.30. The van der Waals surface area contributed by atoms with Crippen molar-refractivity contribution in [1.82, 2.24) is 9.29 Å². The van der Waals surface area contributed by atoms with Crippen LogP contribution in [0.15, 0.2) is 40.6 Å². The number of anilines is 1. The third-order valence-corrected chi connectivity index (χ3v) is 9.01. The van der Waals surface area contributed by atoms with Gasteiger partial charge in [-0.3, -0.25) is 0 Å².